The number of hydrogen-bond acceptors (Lipinski definition) is 6. The van der Waals surface area contributed by atoms with E-state index in [2.05, 4.69) is 34.0 Å². The lowest BCUT2D eigenvalue weighted by atomic mass is 9.98. The molecule has 1 aliphatic rings. The van der Waals surface area contributed by atoms with Crippen molar-refractivity contribution in [3.8, 4) is 5.88 Å². The Labute approximate surface area is 180 Å². The fourth-order valence-corrected chi connectivity index (χ4v) is 4.91. The van der Waals surface area contributed by atoms with Gasteiger partial charge in [-0.3, -0.25) is 9.88 Å². The van der Waals surface area contributed by atoms with E-state index in [4.69, 9.17) is 4.74 Å². The minimum Gasteiger partial charge on any atom is -0.477 e. The first-order valence-electron chi connectivity index (χ1n) is 10.5. The zero-order valence-electron chi connectivity index (χ0n) is 18.8. The minimum atomic E-state index is -3.74. The number of nitrogens with zero attached hydrogens (tertiary/aromatic N) is 5. The molecule has 30 heavy (non-hydrogen) atoms. The van der Waals surface area contributed by atoms with Gasteiger partial charge in [-0.05, 0) is 70.7 Å². The van der Waals surface area contributed by atoms with Gasteiger partial charge in [0.25, 0.3) is 0 Å². The predicted molar refractivity (Wildman–Crippen MR) is 117 cm³/mol. The largest absolute Gasteiger partial charge is 0.477 e. The van der Waals surface area contributed by atoms with Gasteiger partial charge in [0.15, 0.2) is 0 Å². The third-order valence-corrected chi connectivity index (χ3v) is 7.22. The molecule has 0 bridgehead atoms. The van der Waals surface area contributed by atoms with Crippen molar-refractivity contribution in [2.24, 2.45) is 5.92 Å². The van der Waals surface area contributed by atoms with E-state index in [0.717, 1.165) is 45.7 Å². The van der Waals surface area contributed by atoms with Crippen molar-refractivity contribution in [2.45, 2.75) is 46.6 Å². The quantitative estimate of drug-likeness (QED) is 0.634. The highest BCUT2D eigenvalue weighted by atomic mass is 32.2. The normalized spacial score (nSPS) is 18.8. The van der Waals surface area contributed by atoms with Crippen LogP contribution >= 0.6 is 0 Å². The second-order valence-electron chi connectivity index (χ2n) is 8.26. The summed E-state index contributed by atoms with van der Waals surface area (Å²) in [5, 5.41) is 4.41. The second kappa shape index (κ2) is 9.03. The number of ether oxygens (including phenoxy) is 1. The first-order chi connectivity index (χ1) is 14.1. The highest BCUT2D eigenvalue weighted by molar-refractivity contribution is 7.87. The minimum absolute atomic E-state index is 0.00808. The molecule has 1 unspecified atom stereocenters. The van der Waals surface area contributed by atoms with Crippen LogP contribution in [0.4, 0.5) is 0 Å². The number of aromatic nitrogens is 3. The smallest absolute Gasteiger partial charge is 0.325 e. The number of likely N-dealkylation sites (tertiary alicyclic amines) is 1. The first-order valence-corrected chi connectivity index (χ1v) is 11.9. The van der Waals surface area contributed by atoms with Crippen molar-refractivity contribution < 1.29 is 13.2 Å². The van der Waals surface area contributed by atoms with Crippen LogP contribution in [-0.4, -0.2) is 65.6 Å². The molecule has 0 aliphatic carbocycles. The molecule has 1 fully saturated rings. The Morgan fingerprint density at radius 3 is 2.50 bits per heavy atom. The van der Waals surface area contributed by atoms with E-state index < -0.39 is 10.2 Å². The first kappa shape index (κ1) is 22.7. The van der Waals surface area contributed by atoms with Crippen molar-refractivity contribution >= 4 is 10.2 Å². The monoisotopic (exact) mass is 435 g/mol. The summed E-state index contributed by atoms with van der Waals surface area (Å²) in [6.07, 6.45) is 2.14. The summed E-state index contributed by atoms with van der Waals surface area (Å²) in [5.74, 6) is 0.819. The molecule has 166 valence electrons. The Hall–Kier alpha value is -1.97. The third-order valence-electron chi connectivity index (χ3n) is 5.60. The van der Waals surface area contributed by atoms with Crippen molar-refractivity contribution in [1.82, 2.24) is 23.4 Å². The molecule has 0 radical (unpaired) electrons. The summed E-state index contributed by atoms with van der Waals surface area (Å²) in [5.41, 5.74) is 4.16. The summed E-state index contributed by atoms with van der Waals surface area (Å²) in [6.45, 7) is 10.3. The van der Waals surface area contributed by atoms with E-state index in [1.807, 2.05) is 20.8 Å². The van der Waals surface area contributed by atoms with Gasteiger partial charge in [-0.2, -0.15) is 17.8 Å². The second-order valence-corrected chi connectivity index (χ2v) is 10.2. The van der Waals surface area contributed by atoms with Crippen LogP contribution in [0.3, 0.4) is 0 Å². The van der Waals surface area contributed by atoms with Gasteiger partial charge in [0.05, 0.1) is 18.3 Å². The van der Waals surface area contributed by atoms with Crippen LogP contribution in [0.15, 0.2) is 18.2 Å². The number of aryl methyl sites for hydroxylation is 2. The summed E-state index contributed by atoms with van der Waals surface area (Å²) in [4.78, 5) is 6.84. The van der Waals surface area contributed by atoms with E-state index in [1.54, 1.807) is 6.07 Å². The van der Waals surface area contributed by atoms with Crippen LogP contribution in [-0.2, 0) is 16.6 Å². The zero-order valence-corrected chi connectivity index (χ0v) is 19.6. The molecule has 3 heterocycles. The summed E-state index contributed by atoms with van der Waals surface area (Å²) in [6, 6.07) is 6.09. The molecule has 0 amide bonds. The topological polar surface area (TPSA) is 80.6 Å². The van der Waals surface area contributed by atoms with Crippen LogP contribution in [0.1, 0.15) is 49.0 Å². The van der Waals surface area contributed by atoms with Gasteiger partial charge >= 0.3 is 10.2 Å². The maximum Gasteiger partial charge on any atom is 0.325 e. The Kier molecular flexibility index (Phi) is 6.84. The van der Waals surface area contributed by atoms with E-state index in [1.165, 1.54) is 19.7 Å². The lowest BCUT2D eigenvalue weighted by molar-refractivity contribution is 0.247. The van der Waals surface area contributed by atoms with Crippen LogP contribution in [0.5, 0.6) is 5.88 Å². The van der Waals surface area contributed by atoms with Gasteiger partial charge < -0.3 is 4.74 Å². The SMILES string of the molecule is CCOc1cc(C(C)N2CC[C@H](Cc3cc(C)nc(C)c3)C2)nn1S(=O)(=O)N(C)C. The van der Waals surface area contributed by atoms with Crippen molar-refractivity contribution in [3.05, 3.63) is 40.8 Å². The summed E-state index contributed by atoms with van der Waals surface area (Å²) < 4.78 is 32.9. The number of pyridine rings is 1. The van der Waals surface area contributed by atoms with Gasteiger partial charge in [-0.25, -0.2) is 0 Å². The average molecular weight is 436 g/mol. The molecule has 1 aliphatic heterocycles. The number of hydrogen-bond donors (Lipinski definition) is 0. The molecule has 0 aromatic carbocycles. The predicted octanol–water partition coefficient (Wildman–Crippen LogP) is 2.57. The molecule has 1 saturated heterocycles. The van der Waals surface area contributed by atoms with E-state index in [9.17, 15) is 8.42 Å². The van der Waals surface area contributed by atoms with Gasteiger partial charge in [0, 0.05) is 38.1 Å². The molecular formula is C21H33N5O3S. The van der Waals surface area contributed by atoms with Gasteiger partial charge in [0.2, 0.25) is 5.88 Å². The highest BCUT2D eigenvalue weighted by Gasteiger charge is 2.31. The van der Waals surface area contributed by atoms with Crippen molar-refractivity contribution in [3.63, 3.8) is 0 Å². The lowest BCUT2D eigenvalue weighted by Gasteiger charge is -2.22. The molecule has 2 aromatic heterocycles. The lowest BCUT2D eigenvalue weighted by Crippen LogP contribution is -2.31. The number of rotatable bonds is 8. The zero-order chi connectivity index (χ0) is 22.1. The maximum absolute atomic E-state index is 12.6. The molecule has 0 saturated carbocycles. The molecular weight excluding hydrogens is 402 g/mol. The van der Waals surface area contributed by atoms with E-state index >= 15 is 0 Å². The Balaban J connectivity index is 1.74. The van der Waals surface area contributed by atoms with E-state index in [-0.39, 0.29) is 11.9 Å². The molecule has 3 rings (SSSR count). The molecule has 0 N–H and O–H groups in total. The van der Waals surface area contributed by atoms with E-state index in [0.29, 0.717) is 18.2 Å². The summed E-state index contributed by atoms with van der Waals surface area (Å²) >= 11 is 0. The van der Waals surface area contributed by atoms with Crippen LogP contribution in [0.25, 0.3) is 0 Å². The summed E-state index contributed by atoms with van der Waals surface area (Å²) in [7, 11) is -0.757. The van der Waals surface area contributed by atoms with Crippen LogP contribution in [0.2, 0.25) is 0 Å². The standard InChI is InChI=1S/C21H33N5O3S/c1-7-29-21-13-20(23-26(21)30(27,28)24(5)6)17(4)25-9-8-18(14-25)12-19-10-15(2)22-16(3)11-19/h10-11,13,17-18H,7-9,12,14H2,1-6H3/t17?,18-/m1/s1. The average Bonchev–Trinajstić information content (AvgIpc) is 3.28. The fourth-order valence-electron chi connectivity index (χ4n) is 4.07. The van der Waals surface area contributed by atoms with Crippen LogP contribution in [0, 0.1) is 19.8 Å². The van der Waals surface area contributed by atoms with Crippen molar-refractivity contribution in [1.29, 1.82) is 0 Å². The molecule has 0 spiro atoms. The maximum atomic E-state index is 12.6. The van der Waals surface area contributed by atoms with Crippen molar-refractivity contribution in [2.75, 3.05) is 33.8 Å². The van der Waals surface area contributed by atoms with Gasteiger partial charge in [0.1, 0.15) is 0 Å². The molecule has 8 nitrogen and oxygen atoms in total. The third kappa shape index (κ3) is 4.84. The Bertz CT molecular complexity index is 966. The fraction of sp³-hybridized carbons (Fsp3) is 0.619. The van der Waals surface area contributed by atoms with Crippen LogP contribution < -0.4 is 4.74 Å². The molecule has 9 heteroatoms. The molecule has 2 aromatic rings. The Morgan fingerprint density at radius 2 is 1.90 bits per heavy atom. The van der Waals surface area contributed by atoms with Gasteiger partial charge in [-0.1, -0.05) is 0 Å². The molecule has 2 atom stereocenters. The Morgan fingerprint density at radius 1 is 1.23 bits per heavy atom. The highest BCUT2D eigenvalue weighted by Crippen LogP contribution is 2.31. The van der Waals surface area contributed by atoms with Gasteiger partial charge in [-0.15, -0.1) is 4.09 Å².